The van der Waals surface area contributed by atoms with Crippen molar-refractivity contribution in [3.8, 4) is 0 Å². The van der Waals surface area contributed by atoms with Gasteiger partial charge in [0.25, 0.3) is 0 Å². The van der Waals surface area contributed by atoms with Crippen LogP contribution in [0, 0.1) is 12.7 Å². The highest BCUT2D eigenvalue weighted by Crippen LogP contribution is 2.32. The van der Waals surface area contributed by atoms with Crippen LogP contribution in [-0.2, 0) is 6.54 Å². The Kier molecular flexibility index (Phi) is 3.29. The highest BCUT2D eigenvalue weighted by molar-refractivity contribution is 5.21. The number of hydrogen-bond donors (Lipinski definition) is 0. The summed E-state index contributed by atoms with van der Waals surface area (Å²) in [7, 11) is 0. The molecule has 1 aromatic heterocycles. The monoisotopic (exact) mass is 261 g/mol. The number of halogens is 1. The molecule has 1 aromatic carbocycles. The van der Waals surface area contributed by atoms with Crippen LogP contribution in [0.1, 0.15) is 36.2 Å². The molecule has 1 fully saturated rings. The van der Waals surface area contributed by atoms with Crippen molar-refractivity contribution in [2.24, 2.45) is 0 Å². The van der Waals surface area contributed by atoms with E-state index in [9.17, 15) is 4.39 Å². The zero-order chi connectivity index (χ0) is 13.2. The molecule has 2 aromatic rings. The Balaban J connectivity index is 1.76. The van der Waals surface area contributed by atoms with Crippen molar-refractivity contribution in [1.82, 2.24) is 15.0 Å². The zero-order valence-electron chi connectivity index (χ0n) is 10.8. The van der Waals surface area contributed by atoms with Crippen molar-refractivity contribution < 1.29 is 8.91 Å². The van der Waals surface area contributed by atoms with Gasteiger partial charge in [0.15, 0.2) is 5.82 Å². The summed E-state index contributed by atoms with van der Waals surface area (Å²) in [5.41, 5.74) is 1.15. The van der Waals surface area contributed by atoms with Gasteiger partial charge in [-0.05, 0) is 44.0 Å². The molecular formula is C14H16FN3O. The maximum atomic E-state index is 13.0. The fraction of sp³-hybridized carbons (Fsp3) is 0.429. The molecule has 0 bridgehead atoms. The van der Waals surface area contributed by atoms with E-state index in [4.69, 9.17) is 4.52 Å². The van der Waals surface area contributed by atoms with Gasteiger partial charge in [-0.25, -0.2) is 4.39 Å². The van der Waals surface area contributed by atoms with Crippen LogP contribution in [0.5, 0.6) is 0 Å². The predicted molar refractivity (Wildman–Crippen MR) is 67.8 cm³/mol. The first-order valence-electron chi connectivity index (χ1n) is 6.51. The molecular weight excluding hydrogens is 245 g/mol. The fourth-order valence-electron chi connectivity index (χ4n) is 2.66. The fourth-order valence-corrected chi connectivity index (χ4v) is 2.66. The van der Waals surface area contributed by atoms with Gasteiger partial charge in [0, 0.05) is 6.04 Å². The molecule has 100 valence electrons. The number of rotatable bonds is 3. The maximum Gasteiger partial charge on any atom is 0.240 e. The Hall–Kier alpha value is -1.75. The SMILES string of the molecule is Cc1noc(CN2CCCC2c2ccc(F)cc2)n1. The molecule has 0 spiro atoms. The highest BCUT2D eigenvalue weighted by atomic mass is 19.1. The summed E-state index contributed by atoms with van der Waals surface area (Å²) in [6.07, 6.45) is 2.22. The van der Waals surface area contributed by atoms with Gasteiger partial charge in [-0.15, -0.1) is 0 Å². The average Bonchev–Trinajstić information content (AvgIpc) is 3.00. The van der Waals surface area contributed by atoms with Gasteiger partial charge in [0.2, 0.25) is 5.89 Å². The van der Waals surface area contributed by atoms with Crippen LogP contribution in [0.3, 0.4) is 0 Å². The molecule has 0 amide bonds. The quantitative estimate of drug-likeness (QED) is 0.852. The van der Waals surface area contributed by atoms with E-state index in [-0.39, 0.29) is 5.82 Å². The van der Waals surface area contributed by atoms with E-state index in [0.29, 0.717) is 24.3 Å². The van der Waals surface area contributed by atoms with Gasteiger partial charge < -0.3 is 4.52 Å². The molecule has 0 aliphatic carbocycles. The van der Waals surface area contributed by atoms with Crippen molar-refractivity contribution in [1.29, 1.82) is 0 Å². The standard InChI is InChI=1S/C14H16FN3O/c1-10-16-14(19-17-10)9-18-8-2-3-13(18)11-4-6-12(15)7-5-11/h4-7,13H,2-3,8-9H2,1H3. The predicted octanol–water partition coefficient (Wildman–Crippen LogP) is 2.85. The largest absolute Gasteiger partial charge is 0.338 e. The smallest absolute Gasteiger partial charge is 0.240 e. The lowest BCUT2D eigenvalue weighted by Gasteiger charge is -2.23. The minimum Gasteiger partial charge on any atom is -0.338 e. The van der Waals surface area contributed by atoms with Crippen molar-refractivity contribution in [3.63, 3.8) is 0 Å². The molecule has 1 aliphatic rings. The van der Waals surface area contributed by atoms with Gasteiger partial charge in [-0.1, -0.05) is 17.3 Å². The molecule has 1 atom stereocenters. The maximum absolute atomic E-state index is 13.0. The zero-order valence-corrected chi connectivity index (χ0v) is 10.8. The lowest BCUT2D eigenvalue weighted by Crippen LogP contribution is -2.22. The number of hydrogen-bond acceptors (Lipinski definition) is 4. The first kappa shape index (κ1) is 12.3. The number of aromatic nitrogens is 2. The summed E-state index contributed by atoms with van der Waals surface area (Å²) in [6.45, 7) is 3.47. The Morgan fingerprint density at radius 3 is 2.84 bits per heavy atom. The molecule has 0 saturated carbocycles. The van der Waals surface area contributed by atoms with Crippen LogP contribution in [-0.4, -0.2) is 21.6 Å². The highest BCUT2D eigenvalue weighted by Gasteiger charge is 2.27. The first-order valence-corrected chi connectivity index (χ1v) is 6.51. The Labute approximate surface area is 111 Å². The average molecular weight is 261 g/mol. The number of nitrogens with zero attached hydrogens (tertiary/aromatic N) is 3. The first-order chi connectivity index (χ1) is 9.22. The van der Waals surface area contributed by atoms with Gasteiger partial charge in [-0.2, -0.15) is 4.98 Å². The minimum atomic E-state index is -0.194. The number of aryl methyl sites for hydroxylation is 1. The van der Waals surface area contributed by atoms with E-state index in [1.54, 1.807) is 0 Å². The lowest BCUT2D eigenvalue weighted by atomic mass is 10.0. The molecule has 5 heteroatoms. The summed E-state index contributed by atoms with van der Waals surface area (Å²) in [5.74, 6) is 1.11. The van der Waals surface area contributed by atoms with E-state index in [1.807, 2.05) is 19.1 Å². The van der Waals surface area contributed by atoms with Crippen LogP contribution in [0.4, 0.5) is 4.39 Å². The normalized spacial score (nSPS) is 20.0. The van der Waals surface area contributed by atoms with Crippen molar-refractivity contribution in [3.05, 3.63) is 47.4 Å². The Bertz CT molecular complexity index is 552. The molecule has 0 radical (unpaired) electrons. The molecule has 2 heterocycles. The molecule has 19 heavy (non-hydrogen) atoms. The summed E-state index contributed by atoms with van der Waals surface area (Å²) in [5, 5.41) is 3.81. The molecule has 1 saturated heterocycles. The molecule has 4 nitrogen and oxygen atoms in total. The summed E-state index contributed by atoms with van der Waals surface area (Å²) < 4.78 is 18.1. The summed E-state index contributed by atoms with van der Waals surface area (Å²) in [6, 6.07) is 7.06. The second-order valence-electron chi connectivity index (χ2n) is 4.92. The minimum absolute atomic E-state index is 0.194. The van der Waals surface area contributed by atoms with E-state index in [1.165, 1.54) is 12.1 Å². The van der Waals surface area contributed by atoms with Crippen LogP contribution in [0.2, 0.25) is 0 Å². The van der Waals surface area contributed by atoms with E-state index in [2.05, 4.69) is 15.0 Å². The topological polar surface area (TPSA) is 42.2 Å². The van der Waals surface area contributed by atoms with Crippen LogP contribution in [0.25, 0.3) is 0 Å². The molecule has 1 unspecified atom stereocenters. The molecule has 3 rings (SSSR count). The summed E-state index contributed by atoms with van der Waals surface area (Å²) in [4.78, 5) is 6.54. The van der Waals surface area contributed by atoms with Gasteiger partial charge in [0.1, 0.15) is 5.82 Å². The third-order valence-electron chi connectivity index (χ3n) is 3.53. The second-order valence-corrected chi connectivity index (χ2v) is 4.92. The third-order valence-corrected chi connectivity index (χ3v) is 3.53. The Morgan fingerprint density at radius 1 is 1.37 bits per heavy atom. The van der Waals surface area contributed by atoms with Gasteiger partial charge in [0.05, 0.1) is 6.54 Å². The van der Waals surface area contributed by atoms with Crippen molar-refractivity contribution in [2.45, 2.75) is 32.4 Å². The van der Waals surface area contributed by atoms with E-state index in [0.717, 1.165) is 24.9 Å². The lowest BCUT2D eigenvalue weighted by molar-refractivity contribution is 0.212. The summed E-state index contributed by atoms with van der Waals surface area (Å²) >= 11 is 0. The molecule has 1 aliphatic heterocycles. The number of likely N-dealkylation sites (tertiary alicyclic amines) is 1. The van der Waals surface area contributed by atoms with Crippen LogP contribution in [0.15, 0.2) is 28.8 Å². The second kappa shape index (κ2) is 5.09. The van der Waals surface area contributed by atoms with Crippen LogP contribution >= 0.6 is 0 Å². The Morgan fingerprint density at radius 2 is 2.16 bits per heavy atom. The third kappa shape index (κ3) is 2.66. The van der Waals surface area contributed by atoms with E-state index >= 15 is 0 Å². The van der Waals surface area contributed by atoms with E-state index < -0.39 is 0 Å². The van der Waals surface area contributed by atoms with Crippen molar-refractivity contribution >= 4 is 0 Å². The molecule has 0 N–H and O–H groups in total. The van der Waals surface area contributed by atoms with Gasteiger partial charge >= 0.3 is 0 Å². The number of benzene rings is 1. The van der Waals surface area contributed by atoms with Crippen molar-refractivity contribution in [2.75, 3.05) is 6.54 Å². The van der Waals surface area contributed by atoms with Gasteiger partial charge in [-0.3, -0.25) is 4.90 Å². The van der Waals surface area contributed by atoms with Crippen LogP contribution < -0.4 is 0 Å².